The molecule has 0 spiro atoms. The van der Waals surface area contributed by atoms with Crippen LogP contribution in [-0.2, 0) is 10.2 Å². The number of pyridine rings is 1. The van der Waals surface area contributed by atoms with Gasteiger partial charge in [-0.25, -0.2) is 4.98 Å². The van der Waals surface area contributed by atoms with Gasteiger partial charge in [-0.1, -0.05) is 0 Å². The highest BCUT2D eigenvalue weighted by Crippen LogP contribution is 2.20. The van der Waals surface area contributed by atoms with Crippen LogP contribution in [0.1, 0.15) is 5.56 Å². The molecule has 0 atom stereocenters. The van der Waals surface area contributed by atoms with E-state index >= 15 is 0 Å². The van der Waals surface area contributed by atoms with Gasteiger partial charge in [0.2, 0.25) is 5.88 Å². The molecule has 0 amide bonds. The van der Waals surface area contributed by atoms with Gasteiger partial charge in [0.15, 0.2) is 0 Å². The fraction of sp³-hybridized carbons (Fsp3) is 0.286. The lowest BCUT2D eigenvalue weighted by atomic mass is 10.3. The summed E-state index contributed by atoms with van der Waals surface area (Å²) in [4.78, 5) is 2.57. The van der Waals surface area contributed by atoms with E-state index in [1.54, 1.807) is 0 Å². The number of aryl methyl sites for hydroxylation is 1. The molecule has 0 aliphatic carbocycles. The van der Waals surface area contributed by atoms with E-state index in [1.807, 2.05) is 0 Å². The molecule has 1 rings (SSSR count). The van der Waals surface area contributed by atoms with Crippen molar-refractivity contribution < 1.29 is 25.8 Å². The van der Waals surface area contributed by atoms with Crippen LogP contribution in [-0.4, -0.2) is 20.0 Å². The fourth-order valence-electron chi connectivity index (χ4n) is 0.878. The van der Waals surface area contributed by atoms with Gasteiger partial charge in [-0.3, -0.25) is 0 Å². The van der Waals surface area contributed by atoms with E-state index in [2.05, 4.69) is 9.72 Å². The first-order valence-electron chi connectivity index (χ1n) is 3.67. The predicted molar refractivity (Wildman–Crippen MR) is 43.9 cm³/mol. The van der Waals surface area contributed by atoms with Crippen LogP contribution in [0.3, 0.4) is 0 Å². The molecule has 4 nitrogen and oxygen atoms in total. The minimum absolute atomic E-state index is 0.00836. The number of rotatable bonds is 3. The maximum absolute atomic E-state index is 12.4. The Bertz CT molecular complexity index is 461. The van der Waals surface area contributed by atoms with Crippen LogP contribution in [0.4, 0.5) is 12.7 Å². The molecular formula is C7H6F3NO3S. The summed E-state index contributed by atoms with van der Waals surface area (Å²) in [5.41, 5.74) is 0.00836. The van der Waals surface area contributed by atoms with E-state index in [9.17, 15) is 21.1 Å². The van der Waals surface area contributed by atoms with Crippen LogP contribution >= 0.6 is 0 Å². The molecule has 0 unspecified atom stereocenters. The highest BCUT2D eigenvalue weighted by Gasteiger charge is 2.16. The predicted octanol–water partition coefficient (Wildman–Crippen LogP) is 1.65. The molecule has 0 aromatic carbocycles. The Morgan fingerprint density at radius 1 is 1.47 bits per heavy atom. The number of nitrogens with zero attached hydrogens (tertiary/aromatic N) is 1. The van der Waals surface area contributed by atoms with Gasteiger partial charge >= 0.3 is 16.8 Å². The Kier molecular flexibility index (Phi) is 3.18. The lowest BCUT2D eigenvalue weighted by Crippen LogP contribution is -2.06. The van der Waals surface area contributed by atoms with Gasteiger partial charge in [0.05, 0.1) is 6.20 Å². The second kappa shape index (κ2) is 4.05. The van der Waals surface area contributed by atoms with E-state index < -0.39 is 27.6 Å². The lowest BCUT2D eigenvalue weighted by Gasteiger charge is -2.06. The first kappa shape index (κ1) is 11.8. The van der Waals surface area contributed by atoms with Crippen molar-refractivity contribution in [3.05, 3.63) is 17.8 Å². The van der Waals surface area contributed by atoms with E-state index in [-0.39, 0.29) is 5.56 Å². The number of hydrogen-bond acceptors (Lipinski definition) is 4. The van der Waals surface area contributed by atoms with Crippen molar-refractivity contribution in [1.82, 2.24) is 4.98 Å². The molecule has 8 heteroatoms. The lowest BCUT2D eigenvalue weighted by molar-refractivity contribution is -0.0533. The zero-order chi connectivity index (χ0) is 11.6. The quantitative estimate of drug-likeness (QED) is 0.755. The molecule has 15 heavy (non-hydrogen) atoms. The van der Waals surface area contributed by atoms with Gasteiger partial charge in [-0.05, 0) is 13.0 Å². The Hall–Kier alpha value is -1.31. The molecule has 0 saturated heterocycles. The summed E-state index contributed by atoms with van der Waals surface area (Å²) in [5.74, 6) is -0.433. The molecule has 0 bridgehead atoms. The molecule has 0 radical (unpaired) electrons. The van der Waals surface area contributed by atoms with E-state index in [0.717, 1.165) is 6.07 Å². The average Bonchev–Trinajstić information content (AvgIpc) is 2.05. The standard InChI is InChI=1S/C7H6F3NO3S/c1-4-2-5(15(10,12)13)3-11-6(4)14-7(8)9/h2-3,7H,1H3. The van der Waals surface area contributed by atoms with Crippen molar-refractivity contribution in [3.63, 3.8) is 0 Å². The van der Waals surface area contributed by atoms with Crippen LogP contribution in [0.5, 0.6) is 5.88 Å². The minimum atomic E-state index is -4.88. The van der Waals surface area contributed by atoms with Crippen LogP contribution in [0.15, 0.2) is 17.2 Å². The molecular weight excluding hydrogens is 235 g/mol. The number of hydrogen-bond donors (Lipinski definition) is 0. The summed E-state index contributed by atoms with van der Waals surface area (Å²) in [6, 6.07) is 0.861. The Morgan fingerprint density at radius 3 is 2.47 bits per heavy atom. The number of alkyl halides is 2. The summed E-state index contributed by atoms with van der Waals surface area (Å²) in [5, 5.41) is 0. The molecule has 0 aliphatic heterocycles. The van der Waals surface area contributed by atoms with E-state index in [1.165, 1.54) is 6.92 Å². The summed E-state index contributed by atoms with van der Waals surface area (Å²) in [6.45, 7) is -1.79. The zero-order valence-corrected chi connectivity index (χ0v) is 8.26. The third-order valence-electron chi connectivity index (χ3n) is 1.49. The average molecular weight is 241 g/mol. The van der Waals surface area contributed by atoms with Gasteiger partial charge in [0.1, 0.15) is 4.90 Å². The smallest absolute Gasteiger partial charge is 0.388 e. The molecule has 84 valence electrons. The van der Waals surface area contributed by atoms with E-state index in [4.69, 9.17) is 0 Å². The number of halogens is 3. The summed E-state index contributed by atoms with van der Waals surface area (Å²) in [6.07, 6.45) is 0.611. The van der Waals surface area contributed by atoms with Crippen molar-refractivity contribution in [1.29, 1.82) is 0 Å². The first-order valence-corrected chi connectivity index (χ1v) is 5.05. The molecule has 0 saturated carbocycles. The highest BCUT2D eigenvalue weighted by molar-refractivity contribution is 7.86. The highest BCUT2D eigenvalue weighted by atomic mass is 32.3. The molecule has 0 fully saturated rings. The van der Waals surface area contributed by atoms with Crippen LogP contribution in [0, 0.1) is 6.92 Å². The van der Waals surface area contributed by atoms with Gasteiger partial charge in [0.25, 0.3) is 0 Å². The number of ether oxygens (including phenoxy) is 1. The molecule has 1 aromatic heterocycles. The van der Waals surface area contributed by atoms with Crippen LogP contribution in [0.2, 0.25) is 0 Å². The largest absolute Gasteiger partial charge is 0.417 e. The second-order valence-electron chi connectivity index (χ2n) is 2.61. The summed E-state index contributed by atoms with van der Waals surface area (Å²) in [7, 11) is -4.88. The van der Waals surface area contributed by atoms with E-state index in [0.29, 0.717) is 6.20 Å². The van der Waals surface area contributed by atoms with Crippen molar-refractivity contribution in [2.24, 2.45) is 0 Å². The molecule has 1 heterocycles. The molecule has 1 aromatic rings. The summed E-state index contributed by atoms with van der Waals surface area (Å²) < 4.78 is 60.8. The fourth-order valence-corrected chi connectivity index (χ4v) is 1.37. The van der Waals surface area contributed by atoms with Crippen molar-refractivity contribution in [2.45, 2.75) is 18.4 Å². The topological polar surface area (TPSA) is 56.3 Å². The molecule has 0 aliphatic rings. The first-order chi connectivity index (χ1) is 6.80. The van der Waals surface area contributed by atoms with Gasteiger partial charge in [-0.2, -0.15) is 17.2 Å². The van der Waals surface area contributed by atoms with Crippen LogP contribution < -0.4 is 4.74 Å². The minimum Gasteiger partial charge on any atom is -0.417 e. The van der Waals surface area contributed by atoms with Gasteiger partial charge < -0.3 is 4.74 Å². The second-order valence-corrected chi connectivity index (χ2v) is 3.96. The van der Waals surface area contributed by atoms with Crippen molar-refractivity contribution >= 4 is 10.2 Å². The normalized spacial score (nSPS) is 11.8. The SMILES string of the molecule is Cc1cc(S(=O)(=O)F)cnc1OC(F)F. The van der Waals surface area contributed by atoms with Gasteiger partial charge in [0, 0.05) is 5.56 Å². The van der Waals surface area contributed by atoms with Crippen molar-refractivity contribution in [3.8, 4) is 5.88 Å². The van der Waals surface area contributed by atoms with Crippen molar-refractivity contribution in [2.75, 3.05) is 0 Å². The third kappa shape index (κ3) is 3.08. The number of aromatic nitrogens is 1. The third-order valence-corrected chi connectivity index (χ3v) is 2.27. The van der Waals surface area contributed by atoms with Gasteiger partial charge in [-0.15, -0.1) is 3.89 Å². The zero-order valence-electron chi connectivity index (χ0n) is 7.45. The Balaban J connectivity index is 3.09. The maximum atomic E-state index is 12.4. The maximum Gasteiger partial charge on any atom is 0.388 e. The Labute approximate surface area is 83.9 Å². The van der Waals surface area contributed by atoms with Crippen LogP contribution in [0.25, 0.3) is 0 Å². The Morgan fingerprint density at radius 2 is 2.07 bits per heavy atom. The molecule has 0 N–H and O–H groups in total. The summed E-state index contributed by atoms with van der Waals surface area (Å²) >= 11 is 0. The monoisotopic (exact) mass is 241 g/mol.